The van der Waals surface area contributed by atoms with Gasteiger partial charge in [0.25, 0.3) is 0 Å². The van der Waals surface area contributed by atoms with Crippen molar-refractivity contribution in [2.75, 3.05) is 14.2 Å². The zero-order valence-corrected chi connectivity index (χ0v) is 18.7. The minimum absolute atomic E-state index is 0.0672. The summed E-state index contributed by atoms with van der Waals surface area (Å²) in [4.78, 5) is 29.7. The number of nitrogens with zero attached hydrogens (tertiary/aromatic N) is 1. The Morgan fingerprint density at radius 3 is 2.07 bits per heavy atom. The van der Waals surface area contributed by atoms with E-state index in [4.69, 9.17) is 55.9 Å². The number of hydrogen-bond acceptors (Lipinski definition) is 6. The highest BCUT2D eigenvalue weighted by atomic mass is 35.5. The number of ether oxygens (including phenoxy) is 2. The zero-order valence-electron chi connectivity index (χ0n) is 15.6. The highest BCUT2D eigenvalue weighted by Crippen LogP contribution is 2.38. The summed E-state index contributed by atoms with van der Waals surface area (Å²) >= 11 is 24.7. The number of nitrogens with one attached hydrogen (secondary N) is 1. The van der Waals surface area contributed by atoms with Gasteiger partial charge in [-0.15, -0.1) is 0 Å². The van der Waals surface area contributed by atoms with Crippen LogP contribution in [0.3, 0.4) is 0 Å². The van der Waals surface area contributed by atoms with E-state index in [1.165, 1.54) is 26.4 Å². The van der Waals surface area contributed by atoms with Crippen LogP contribution in [0, 0.1) is 0 Å². The quantitative estimate of drug-likeness (QED) is 0.614. The zero-order chi connectivity index (χ0) is 22.0. The lowest BCUT2D eigenvalue weighted by Gasteiger charge is -2.27. The van der Waals surface area contributed by atoms with Gasteiger partial charge >= 0.3 is 11.9 Å². The van der Waals surface area contributed by atoms with Gasteiger partial charge in [-0.25, -0.2) is 9.59 Å². The molecule has 0 amide bonds. The summed E-state index contributed by atoms with van der Waals surface area (Å²) in [6.45, 7) is 0. The third-order valence-corrected chi connectivity index (χ3v) is 5.39. The van der Waals surface area contributed by atoms with Crippen molar-refractivity contribution in [1.82, 2.24) is 5.32 Å². The molecule has 0 saturated carbocycles. The van der Waals surface area contributed by atoms with Gasteiger partial charge in [0, 0.05) is 26.2 Å². The molecule has 0 bridgehead atoms. The maximum atomic E-state index is 12.6. The molecule has 1 aliphatic heterocycles. The monoisotopic (exact) mass is 486 g/mol. The van der Waals surface area contributed by atoms with E-state index in [2.05, 4.69) is 10.3 Å². The number of methoxy groups -OCH3 is 2. The van der Waals surface area contributed by atoms with Crippen LogP contribution in [0.5, 0.6) is 0 Å². The number of carbonyl (C=O) groups excluding carboxylic acids is 2. The van der Waals surface area contributed by atoms with Crippen LogP contribution in [0.4, 0.5) is 0 Å². The Kier molecular flexibility index (Phi) is 6.93. The van der Waals surface area contributed by atoms with Crippen molar-refractivity contribution in [1.29, 1.82) is 0 Å². The van der Waals surface area contributed by atoms with Crippen LogP contribution in [0.2, 0.25) is 20.1 Å². The van der Waals surface area contributed by atoms with Crippen molar-refractivity contribution in [3.63, 3.8) is 0 Å². The highest BCUT2D eigenvalue weighted by molar-refractivity contribution is 6.37. The molecular weight excluding hydrogens is 474 g/mol. The smallest absolute Gasteiger partial charge is 0.355 e. The van der Waals surface area contributed by atoms with Crippen molar-refractivity contribution in [3.05, 3.63) is 78.9 Å². The fourth-order valence-corrected chi connectivity index (χ4v) is 3.91. The van der Waals surface area contributed by atoms with Crippen molar-refractivity contribution >= 4 is 64.2 Å². The third-order valence-electron chi connectivity index (χ3n) is 4.28. The van der Waals surface area contributed by atoms with Crippen molar-refractivity contribution in [2.24, 2.45) is 4.99 Å². The predicted molar refractivity (Wildman–Crippen MR) is 116 cm³/mol. The molecule has 1 aliphatic rings. The predicted octanol–water partition coefficient (Wildman–Crippen LogP) is 4.99. The summed E-state index contributed by atoms with van der Waals surface area (Å²) < 4.78 is 9.74. The maximum absolute atomic E-state index is 12.6. The lowest BCUT2D eigenvalue weighted by Crippen LogP contribution is -2.37. The summed E-state index contributed by atoms with van der Waals surface area (Å²) in [7, 11) is 2.39. The Hall–Kier alpha value is -2.25. The number of aliphatic imine (C=N–C) groups is 1. The lowest BCUT2D eigenvalue weighted by atomic mass is 9.95. The first-order valence-electron chi connectivity index (χ1n) is 8.42. The molecular formula is C20H14Cl4N2O4. The number of hydrogen-bond donors (Lipinski definition) is 1. The fraction of sp³-hybridized carbons (Fsp3) is 0.150. The number of benzene rings is 2. The van der Waals surface area contributed by atoms with Crippen molar-refractivity contribution in [2.45, 2.75) is 6.04 Å². The number of rotatable bonds is 4. The van der Waals surface area contributed by atoms with Gasteiger partial charge in [0.15, 0.2) is 0 Å². The first-order valence-corrected chi connectivity index (χ1v) is 9.94. The van der Waals surface area contributed by atoms with Crippen LogP contribution in [-0.2, 0) is 19.1 Å². The number of esters is 2. The Bertz CT molecular complexity index is 1100. The molecule has 0 aromatic heterocycles. The number of carbonyl (C=O) groups is 2. The van der Waals surface area contributed by atoms with Crippen LogP contribution in [0.1, 0.15) is 17.2 Å². The van der Waals surface area contributed by atoms with Crippen LogP contribution < -0.4 is 5.32 Å². The molecule has 1 heterocycles. The molecule has 2 aromatic rings. The fourth-order valence-electron chi connectivity index (χ4n) is 2.90. The van der Waals surface area contributed by atoms with Gasteiger partial charge in [0.2, 0.25) is 0 Å². The van der Waals surface area contributed by atoms with Crippen LogP contribution >= 0.6 is 46.4 Å². The average Bonchev–Trinajstić information content (AvgIpc) is 2.71. The Labute approximate surface area is 192 Å². The van der Waals surface area contributed by atoms with E-state index in [9.17, 15) is 9.59 Å². The van der Waals surface area contributed by atoms with Crippen LogP contribution in [0.15, 0.2) is 52.7 Å². The topological polar surface area (TPSA) is 77.0 Å². The first kappa shape index (κ1) is 22.4. The second-order valence-corrected chi connectivity index (χ2v) is 7.75. The molecule has 0 aliphatic carbocycles. The maximum Gasteiger partial charge on any atom is 0.355 e. The normalized spacial score (nSPS) is 15.9. The summed E-state index contributed by atoms with van der Waals surface area (Å²) in [6.07, 6.45) is 0. The Morgan fingerprint density at radius 2 is 1.50 bits per heavy atom. The first-order chi connectivity index (χ1) is 14.3. The molecule has 1 N–H and O–H groups in total. The van der Waals surface area contributed by atoms with E-state index in [0.717, 1.165) is 0 Å². The van der Waals surface area contributed by atoms with E-state index >= 15 is 0 Å². The van der Waals surface area contributed by atoms with Crippen molar-refractivity contribution < 1.29 is 19.1 Å². The standard InChI is InChI=1S/C20H14Cl4N2O4/c1-29-19(27)15-16(11-5-3-9(21)7-13(11)23)25-18(26-17(15)20(28)30-2)12-6-4-10(22)8-14(12)24/h3-8,16H,1-2H3,(H,25,26)/t16-/m1/s1. The molecule has 156 valence electrons. The second kappa shape index (κ2) is 9.27. The third kappa shape index (κ3) is 4.42. The minimum atomic E-state index is -0.987. The van der Waals surface area contributed by atoms with Crippen LogP contribution in [-0.4, -0.2) is 32.0 Å². The van der Waals surface area contributed by atoms with E-state index in [1.54, 1.807) is 24.3 Å². The molecule has 0 fully saturated rings. The summed E-state index contributed by atoms with van der Waals surface area (Å²) in [5.41, 5.74) is 0.687. The Balaban J connectivity index is 2.27. The molecule has 2 aromatic carbocycles. The van der Waals surface area contributed by atoms with Crippen molar-refractivity contribution in [3.8, 4) is 0 Å². The molecule has 0 saturated heterocycles. The Morgan fingerprint density at radius 1 is 0.900 bits per heavy atom. The number of halogens is 4. The number of amidine groups is 1. The van der Waals surface area contributed by atoms with Gasteiger partial charge in [-0.1, -0.05) is 52.5 Å². The minimum Gasteiger partial charge on any atom is -0.466 e. The second-order valence-electron chi connectivity index (χ2n) is 6.07. The summed E-state index contributed by atoms with van der Waals surface area (Å²) in [5, 5.41) is 4.21. The molecule has 0 unspecified atom stereocenters. The van der Waals surface area contributed by atoms with Crippen LogP contribution in [0.25, 0.3) is 0 Å². The van der Waals surface area contributed by atoms with E-state index in [-0.39, 0.29) is 22.1 Å². The SMILES string of the molecule is COC(=O)C1=C(C(=O)OC)[C@@H](c2ccc(Cl)cc2Cl)N=C(c2ccc(Cl)cc2Cl)N1. The van der Waals surface area contributed by atoms with Gasteiger partial charge in [0.1, 0.15) is 17.6 Å². The van der Waals surface area contributed by atoms with E-state index < -0.39 is 18.0 Å². The van der Waals surface area contributed by atoms with Gasteiger partial charge < -0.3 is 14.8 Å². The largest absolute Gasteiger partial charge is 0.466 e. The average molecular weight is 488 g/mol. The molecule has 6 nitrogen and oxygen atoms in total. The van der Waals surface area contributed by atoms with E-state index in [1.807, 2.05) is 0 Å². The molecule has 10 heteroatoms. The molecule has 0 spiro atoms. The van der Waals surface area contributed by atoms with E-state index in [0.29, 0.717) is 26.2 Å². The molecule has 0 radical (unpaired) electrons. The lowest BCUT2D eigenvalue weighted by molar-refractivity contribution is -0.139. The highest BCUT2D eigenvalue weighted by Gasteiger charge is 2.36. The molecule has 3 rings (SSSR count). The molecule has 1 atom stereocenters. The summed E-state index contributed by atoms with van der Waals surface area (Å²) in [5.74, 6) is -1.34. The van der Waals surface area contributed by atoms with Gasteiger partial charge in [0.05, 0.1) is 24.8 Å². The van der Waals surface area contributed by atoms with Gasteiger partial charge in [-0.05, 0) is 30.3 Å². The van der Waals surface area contributed by atoms with Gasteiger partial charge in [-0.2, -0.15) is 0 Å². The van der Waals surface area contributed by atoms with Gasteiger partial charge in [-0.3, -0.25) is 4.99 Å². The summed E-state index contributed by atoms with van der Waals surface area (Å²) in [6, 6.07) is 8.52. The molecule has 30 heavy (non-hydrogen) atoms.